The molecule has 1 fully saturated rings. The molecule has 1 spiro atoms. The lowest BCUT2D eigenvalue weighted by Crippen LogP contribution is -2.52. The molecule has 3 aromatic heterocycles. The highest BCUT2D eigenvalue weighted by molar-refractivity contribution is 7.99. The summed E-state index contributed by atoms with van der Waals surface area (Å²) in [4.78, 5) is 17.7. The summed E-state index contributed by atoms with van der Waals surface area (Å²) >= 11 is 7.89. The van der Waals surface area contributed by atoms with Crippen LogP contribution in [0.1, 0.15) is 30.1 Å². The van der Waals surface area contributed by atoms with Gasteiger partial charge in [-0.1, -0.05) is 41.6 Å². The minimum absolute atomic E-state index is 0.120. The fourth-order valence-electron chi connectivity index (χ4n) is 4.92. The first-order valence-corrected chi connectivity index (χ1v) is 12.4. The molecule has 1 saturated heterocycles. The van der Waals surface area contributed by atoms with Gasteiger partial charge in [-0.2, -0.15) is 0 Å². The number of aromatic nitrogens is 4. The molecule has 5 heterocycles. The number of hydrogen-bond acceptors (Lipinski definition) is 8. The number of pyridine rings is 1. The molecule has 174 valence electrons. The molecule has 4 aromatic rings. The largest absolute Gasteiger partial charge is 0.485 e. The van der Waals surface area contributed by atoms with E-state index in [-0.39, 0.29) is 11.6 Å². The molecule has 0 unspecified atom stereocenters. The third kappa shape index (κ3) is 3.30. The monoisotopic (exact) mass is 493 g/mol. The summed E-state index contributed by atoms with van der Waals surface area (Å²) < 4.78 is 8.45. The van der Waals surface area contributed by atoms with Gasteiger partial charge < -0.3 is 21.1 Å². The second kappa shape index (κ2) is 8.04. The third-order valence-corrected chi connectivity index (χ3v) is 8.53. The van der Waals surface area contributed by atoms with Crippen LogP contribution in [-0.2, 0) is 0 Å². The second-order valence-electron chi connectivity index (χ2n) is 8.73. The average Bonchev–Trinajstić information content (AvgIpc) is 3.43. The number of imidazole rings is 1. The third-order valence-electron chi connectivity index (χ3n) is 6.78. The number of nitrogens with zero attached hydrogens (tertiary/aromatic N) is 5. The first-order valence-electron chi connectivity index (χ1n) is 11.2. The summed E-state index contributed by atoms with van der Waals surface area (Å²) in [6.07, 6.45) is 7.04. The molecule has 0 amide bonds. The van der Waals surface area contributed by atoms with Gasteiger partial charge in [-0.15, -0.1) is 0 Å². The summed E-state index contributed by atoms with van der Waals surface area (Å²) in [5, 5.41) is 0.441. The zero-order chi connectivity index (χ0) is 23.4. The fraction of sp³-hybridized carbons (Fsp3) is 0.292. The highest BCUT2D eigenvalue weighted by atomic mass is 35.5. The summed E-state index contributed by atoms with van der Waals surface area (Å²) in [6.45, 7) is 3.58. The lowest BCUT2D eigenvalue weighted by Gasteiger charge is -2.41. The first-order chi connectivity index (χ1) is 16.5. The standard InChI is InChI=1S/C24H24ClN7OS/c1-14-19(34-17-6-9-28-21(27)18(17)25)22-29-10-13-32(22)23(30-14)31-11-7-24(8-12-31)20(26)15-4-2-3-5-16(15)33-24/h2-6,9-10,13,20H,7-8,11-12,26H2,1H3,(H2,27,28)/t20-/m1/s1. The van der Waals surface area contributed by atoms with Crippen LogP contribution in [0.2, 0.25) is 5.02 Å². The van der Waals surface area contributed by atoms with Crippen LogP contribution in [0, 0.1) is 6.92 Å². The summed E-state index contributed by atoms with van der Waals surface area (Å²) in [6, 6.07) is 9.82. The summed E-state index contributed by atoms with van der Waals surface area (Å²) in [5.74, 6) is 2.09. The van der Waals surface area contributed by atoms with Gasteiger partial charge in [0.05, 0.1) is 21.7 Å². The van der Waals surface area contributed by atoms with Crippen molar-refractivity contribution in [2.45, 2.75) is 41.2 Å². The van der Waals surface area contributed by atoms with E-state index in [2.05, 4.69) is 20.9 Å². The van der Waals surface area contributed by atoms with E-state index in [1.165, 1.54) is 11.8 Å². The summed E-state index contributed by atoms with van der Waals surface area (Å²) in [7, 11) is 0. The number of fused-ring (bicyclic) bond motifs is 2. The van der Waals surface area contributed by atoms with Crippen LogP contribution in [0.25, 0.3) is 5.65 Å². The van der Waals surface area contributed by atoms with Crippen molar-refractivity contribution < 1.29 is 4.74 Å². The number of benzene rings is 1. The Morgan fingerprint density at radius 1 is 1.15 bits per heavy atom. The topological polar surface area (TPSA) is 108 Å². The van der Waals surface area contributed by atoms with E-state index >= 15 is 0 Å². The Hall–Kier alpha value is -3.01. The van der Waals surface area contributed by atoms with Crippen LogP contribution in [0.4, 0.5) is 11.8 Å². The smallest absolute Gasteiger partial charge is 0.211 e. The molecule has 10 heteroatoms. The predicted molar refractivity (Wildman–Crippen MR) is 134 cm³/mol. The predicted octanol–water partition coefficient (Wildman–Crippen LogP) is 4.25. The molecule has 0 radical (unpaired) electrons. The maximum absolute atomic E-state index is 6.65. The Balaban J connectivity index is 1.29. The van der Waals surface area contributed by atoms with Gasteiger partial charge in [-0.05, 0) is 19.1 Å². The van der Waals surface area contributed by atoms with Crippen LogP contribution >= 0.6 is 23.4 Å². The molecule has 8 nitrogen and oxygen atoms in total. The zero-order valence-electron chi connectivity index (χ0n) is 18.6. The van der Waals surface area contributed by atoms with Crippen molar-refractivity contribution in [1.82, 2.24) is 19.4 Å². The van der Waals surface area contributed by atoms with E-state index in [9.17, 15) is 0 Å². The highest BCUT2D eigenvalue weighted by Gasteiger charge is 2.48. The molecule has 2 aliphatic rings. The van der Waals surface area contributed by atoms with Gasteiger partial charge in [-0.3, -0.25) is 4.40 Å². The van der Waals surface area contributed by atoms with E-state index in [0.29, 0.717) is 10.8 Å². The van der Waals surface area contributed by atoms with Crippen molar-refractivity contribution in [3.05, 3.63) is 65.2 Å². The number of nitrogen functional groups attached to an aromatic ring is 1. The van der Waals surface area contributed by atoms with Gasteiger partial charge in [0.25, 0.3) is 0 Å². The molecule has 1 atom stereocenters. The van der Waals surface area contributed by atoms with Gasteiger partial charge in [0.2, 0.25) is 5.95 Å². The minimum atomic E-state index is -0.364. The average molecular weight is 494 g/mol. The van der Waals surface area contributed by atoms with E-state index in [1.807, 2.05) is 41.8 Å². The molecule has 4 N–H and O–H groups in total. The quantitative estimate of drug-likeness (QED) is 0.436. The Bertz CT molecular complexity index is 1400. The SMILES string of the molecule is Cc1nc(N2CCC3(CC2)Oc2ccccc2[C@H]3N)n2ccnc2c1Sc1ccnc(N)c1Cl. The van der Waals surface area contributed by atoms with Crippen LogP contribution < -0.4 is 21.1 Å². The van der Waals surface area contributed by atoms with Crippen LogP contribution in [0.5, 0.6) is 5.75 Å². The van der Waals surface area contributed by atoms with Crippen molar-refractivity contribution in [3.8, 4) is 5.75 Å². The number of para-hydroxylation sites is 1. The van der Waals surface area contributed by atoms with Gasteiger partial charge in [0.15, 0.2) is 5.65 Å². The van der Waals surface area contributed by atoms with Crippen LogP contribution in [0.15, 0.2) is 58.7 Å². The Morgan fingerprint density at radius 2 is 1.94 bits per heavy atom. The van der Waals surface area contributed by atoms with Gasteiger partial charge in [-0.25, -0.2) is 15.0 Å². The van der Waals surface area contributed by atoms with E-state index in [1.54, 1.807) is 12.4 Å². The molecular weight excluding hydrogens is 470 g/mol. The minimum Gasteiger partial charge on any atom is -0.485 e. The van der Waals surface area contributed by atoms with Crippen LogP contribution in [-0.4, -0.2) is 38.0 Å². The number of ether oxygens (including phenoxy) is 1. The molecule has 0 saturated carbocycles. The van der Waals surface area contributed by atoms with Crippen molar-refractivity contribution in [3.63, 3.8) is 0 Å². The Morgan fingerprint density at radius 3 is 2.74 bits per heavy atom. The lowest BCUT2D eigenvalue weighted by molar-refractivity contribution is 0.0429. The molecule has 0 aliphatic carbocycles. The van der Waals surface area contributed by atoms with E-state index in [4.69, 9.17) is 32.8 Å². The van der Waals surface area contributed by atoms with Gasteiger partial charge in [0, 0.05) is 55.0 Å². The maximum Gasteiger partial charge on any atom is 0.211 e. The van der Waals surface area contributed by atoms with Gasteiger partial charge in [0.1, 0.15) is 17.2 Å². The Labute approximate surface area is 206 Å². The van der Waals surface area contributed by atoms with Crippen molar-refractivity contribution in [2.75, 3.05) is 23.7 Å². The Kier molecular flexibility index (Phi) is 5.09. The molecule has 2 aliphatic heterocycles. The number of piperidine rings is 1. The van der Waals surface area contributed by atoms with Crippen molar-refractivity contribution >= 4 is 40.8 Å². The van der Waals surface area contributed by atoms with E-state index in [0.717, 1.165) is 64.3 Å². The second-order valence-corrected chi connectivity index (χ2v) is 10.2. The van der Waals surface area contributed by atoms with Crippen molar-refractivity contribution in [1.29, 1.82) is 0 Å². The van der Waals surface area contributed by atoms with Crippen LogP contribution in [0.3, 0.4) is 0 Å². The molecular formula is C24H24ClN7OS. The normalized spacial score (nSPS) is 18.9. The first kappa shape index (κ1) is 21.5. The van der Waals surface area contributed by atoms with Crippen molar-refractivity contribution in [2.24, 2.45) is 5.73 Å². The van der Waals surface area contributed by atoms with E-state index < -0.39 is 0 Å². The number of hydrogen-bond donors (Lipinski definition) is 2. The fourth-order valence-corrected chi connectivity index (χ4v) is 6.12. The number of nitrogens with two attached hydrogens (primary N) is 2. The highest BCUT2D eigenvalue weighted by Crippen LogP contribution is 2.47. The van der Waals surface area contributed by atoms with Gasteiger partial charge >= 0.3 is 0 Å². The number of rotatable bonds is 3. The number of anilines is 2. The molecule has 6 rings (SSSR count). The summed E-state index contributed by atoms with van der Waals surface area (Å²) in [5.41, 5.74) is 15.0. The molecule has 1 aromatic carbocycles. The zero-order valence-corrected chi connectivity index (χ0v) is 20.2. The number of halogens is 1. The molecule has 0 bridgehead atoms. The maximum atomic E-state index is 6.65. The molecule has 34 heavy (non-hydrogen) atoms. The lowest BCUT2D eigenvalue weighted by atomic mass is 9.83. The number of aryl methyl sites for hydroxylation is 1.